The Kier molecular flexibility index (Phi) is 7.05. The number of hydrogen-bond acceptors (Lipinski definition) is 5. The van der Waals surface area contributed by atoms with Gasteiger partial charge in [0.15, 0.2) is 11.5 Å². The molecule has 0 atom stereocenters. The summed E-state index contributed by atoms with van der Waals surface area (Å²) in [5, 5.41) is 2.81. The van der Waals surface area contributed by atoms with Gasteiger partial charge in [-0.3, -0.25) is 9.52 Å². The molecule has 7 nitrogen and oxygen atoms in total. The first kappa shape index (κ1) is 23.1. The third-order valence-electron chi connectivity index (χ3n) is 4.91. The van der Waals surface area contributed by atoms with E-state index < -0.39 is 10.0 Å². The van der Waals surface area contributed by atoms with Crippen LogP contribution in [-0.2, 0) is 16.6 Å². The smallest absolute Gasteiger partial charge is 0.262 e. The van der Waals surface area contributed by atoms with Crippen molar-refractivity contribution in [2.24, 2.45) is 0 Å². The van der Waals surface area contributed by atoms with Gasteiger partial charge in [-0.2, -0.15) is 0 Å². The minimum atomic E-state index is -3.86. The van der Waals surface area contributed by atoms with Crippen LogP contribution in [0.15, 0.2) is 65.6 Å². The van der Waals surface area contributed by atoms with Gasteiger partial charge >= 0.3 is 0 Å². The molecule has 0 aliphatic rings. The Labute approximate surface area is 188 Å². The number of methoxy groups -OCH3 is 2. The second kappa shape index (κ2) is 9.74. The standard InChI is InChI=1S/C24H26N2O5S/c1-16-6-5-7-20(12-16)26-32(28,29)23-14-19(10-8-17(23)2)24(27)25-15-18-9-11-21(30-3)22(13-18)31-4/h5-14,26H,15H2,1-4H3,(H,25,27). The highest BCUT2D eigenvalue weighted by Gasteiger charge is 2.19. The molecule has 32 heavy (non-hydrogen) atoms. The summed E-state index contributed by atoms with van der Waals surface area (Å²) >= 11 is 0. The molecule has 0 aromatic heterocycles. The maximum absolute atomic E-state index is 13.0. The second-order valence-electron chi connectivity index (χ2n) is 7.33. The summed E-state index contributed by atoms with van der Waals surface area (Å²) in [7, 11) is -0.768. The van der Waals surface area contributed by atoms with Crippen molar-refractivity contribution < 1.29 is 22.7 Å². The van der Waals surface area contributed by atoms with Crippen LogP contribution in [0.4, 0.5) is 5.69 Å². The number of rotatable bonds is 8. The fourth-order valence-electron chi connectivity index (χ4n) is 3.22. The topological polar surface area (TPSA) is 93.7 Å². The van der Waals surface area contributed by atoms with E-state index in [-0.39, 0.29) is 22.9 Å². The summed E-state index contributed by atoms with van der Waals surface area (Å²) < 4.78 is 39.0. The van der Waals surface area contributed by atoms with Crippen LogP contribution in [-0.4, -0.2) is 28.5 Å². The maximum atomic E-state index is 13.0. The van der Waals surface area contributed by atoms with E-state index in [1.165, 1.54) is 6.07 Å². The number of carbonyl (C=O) groups is 1. The van der Waals surface area contributed by atoms with Gasteiger partial charge in [0.25, 0.3) is 15.9 Å². The van der Waals surface area contributed by atoms with E-state index in [2.05, 4.69) is 10.0 Å². The number of benzene rings is 3. The highest BCUT2D eigenvalue weighted by molar-refractivity contribution is 7.92. The van der Waals surface area contributed by atoms with Crippen LogP contribution in [0.1, 0.15) is 27.0 Å². The third-order valence-corrected chi connectivity index (χ3v) is 6.43. The zero-order valence-corrected chi connectivity index (χ0v) is 19.2. The second-order valence-corrected chi connectivity index (χ2v) is 8.98. The van der Waals surface area contributed by atoms with Gasteiger partial charge in [0, 0.05) is 17.8 Å². The molecule has 0 saturated carbocycles. The van der Waals surface area contributed by atoms with Crippen molar-refractivity contribution in [3.8, 4) is 11.5 Å². The molecule has 0 heterocycles. The Morgan fingerprint density at radius 1 is 0.906 bits per heavy atom. The van der Waals surface area contributed by atoms with Crippen LogP contribution in [0, 0.1) is 13.8 Å². The van der Waals surface area contributed by atoms with E-state index in [1.54, 1.807) is 63.6 Å². The Hall–Kier alpha value is -3.52. The lowest BCUT2D eigenvalue weighted by Gasteiger charge is -2.13. The van der Waals surface area contributed by atoms with E-state index in [1.807, 2.05) is 19.1 Å². The van der Waals surface area contributed by atoms with Crippen LogP contribution in [0.3, 0.4) is 0 Å². The number of ether oxygens (including phenoxy) is 2. The van der Waals surface area contributed by atoms with Crippen LogP contribution >= 0.6 is 0 Å². The third kappa shape index (κ3) is 5.39. The van der Waals surface area contributed by atoms with Gasteiger partial charge in [0.05, 0.1) is 19.1 Å². The average Bonchev–Trinajstić information content (AvgIpc) is 2.77. The fraction of sp³-hybridized carbons (Fsp3) is 0.208. The lowest BCUT2D eigenvalue weighted by atomic mass is 10.1. The molecule has 3 aromatic rings. The molecule has 8 heteroatoms. The minimum Gasteiger partial charge on any atom is -0.493 e. The monoisotopic (exact) mass is 454 g/mol. The van der Waals surface area contributed by atoms with Gasteiger partial charge in [0.1, 0.15) is 0 Å². The Morgan fingerprint density at radius 3 is 2.34 bits per heavy atom. The summed E-state index contributed by atoms with van der Waals surface area (Å²) in [6, 6.07) is 17.0. The molecule has 0 radical (unpaired) electrons. The number of sulfonamides is 1. The summed E-state index contributed by atoms with van der Waals surface area (Å²) in [5.41, 5.74) is 3.01. The summed E-state index contributed by atoms with van der Waals surface area (Å²) in [5.74, 6) is 0.772. The first-order valence-electron chi connectivity index (χ1n) is 9.92. The van der Waals surface area contributed by atoms with Crippen LogP contribution in [0.25, 0.3) is 0 Å². The zero-order chi connectivity index (χ0) is 23.3. The number of anilines is 1. The number of carbonyl (C=O) groups excluding carboxylic acids is 1. The molecule has 0 aliphatic carbocycles. The fourth-order valence-corrected chi connectivity index (χ4v) is 4.55. The van der Waals surface area contributed by atoms with Crippen LogP contribution in [0.5, 0.6) is 11.5 Å². The average molecular weight is 455 g/mol. The first-order chi connectivity index (χ1) is 15.2. The maximum Gasteiger partial charge on any atom is 0.262 e. The number of nitrogens with one attached hydrogen (secondary N) is 2. The minimum absolute atomic E-state index is 0.0535. The van der Waals surface area contributed by atoms with Crippen molar-refractivity contribution in [1.29, 1.82) is 0 Å². The van der Waals surface area contributed by atoms with E-state index in [4.69, 9.17) is 9.47 Å². The van der Waals surface area contributed by atoms with Gasteiger partial charge in [-0.1, -0.05) is 24.3 Å². The van der Waals surface area contributed by atoms with Crippen molar-refractivity contribution in [2.45, 2.75) is 25.3 Å². The summed E-state index contributed by atoms with van der Waals surface area (Å²) in [6.45, 7) is 3.82. The molecule has 3 rings (SSSR count). The summed E-state index contributed by atoms with van der Waals surface area (Å²) in [4.78, 5) is 12.8. The molecule has 0 bridgehead atoms. The van der Waals surface area contributed by atoms with Gasteiger partial charge in [0.2, 0.25) is 0 Å². The van der Waals surface area contributed by atoms with Crippen LogP contribution in [0.2, 0.25) is 0 Å². The molecule has 0 unspecified atom stereocenters. The molecule has 2 N–H and O–H groups in total. The highest BCUT2D eigenvalue weighted by Crippen LogP contribution is 2.27. The van der Waals surface area contributed by atoms with Crippen molar-refractivity contribution in [3.05, 3.63) is 82.9 Å². The van der Waals surface area contributed by atoms with E-state index in [9.17, 15) is 13.2 Å². The number of hydrogen-bond donors (Lipinski definition) is 2. The molecule has 3 aromatic carbocycles. The lowest BCUT2D eigenvalue weighted by molar-refractivity contribution is 0.0950. The van der Waals surface area contributed by atoms with Crippen molar-refractivity contribution in [1.82, 2.24) is 5.32 Å². The molecule has 1 amide bonds. The molecule has 0 spiro atoms. The lowest BCUT2D eigenvalue weighted by Crippen LogP contribution is -2.23. The van der Waals surface area contributed by atoms with Crippen LogP contribution < -0.4 is 19.5 Å². The first-order valence-corrected chi connectivity index (χ1v) is 11.4. The van der Waals surface area contributed by atoms with Crippen molar-refractivity contribution in [2.75, 3.05) is 18.9 Å². The van der Waals surface area contributed by atoms with Gasteiger partial charge in [-0.25, -0.2) is 8.42 Å². The quantitative estimate of drug-likeness (QED) is 0.536. The highest BCUT2D eigenvalue weighted by atomic mass is 32.2. The van der Waals surface area contributed by atoms with E-state index in [0.717, 1.165) is 11.1 Å². The molecule has 0 aliphatic heterocycles. The Morgan fingerprint density at radius 2 is 1.66 bits per heavy atom. The largest absolute Gasteiger partial charge is 0.493 e. The Bertz CT molecular complexity index is 1240. The van der Waals surface area contributed by atoms with Gasteiger partial charge < -0.3 is 14.8 Å². The predicted molar refractivity (Wildman–Crippen MR) is 124 cm³/mol. The molecule has 168 valence electrons. The normalized spacial score (nSPS) is 11.0. The SMILES string of the molecule is COc1ccc(CNC(=O)c2ccc(C)c(S(=O)(=O)Nc3cccc(C)c3)c2)cc1OC. The van der Waals surface area contributed by atoms with E-state index in [0.29, 0.717) is 22.7 Å². The number of aryl methyl sites for hydroxylation is 2. The van der Waals surface area contributed by atoms with Gasteiger partial charge in [-0.05, 0) is 66.9 Å². The molecular weight excluding hydrogens is 428 g/mol. The molecular formula is C24H26N2O5S. The van der Waals surface area contributed by atoms with Gasteiger partial charge in [-0.15, -0.1) is 0 Å². The van der Waals surface area contributed by atoms with Crippen molar-refractivity contribution in [3.63, 3.8) is 0 Å². The van der Waals surface area contributed by atoms with Crippen molar-refractivity contribution >= 4 is 21.6 Å². The number of amides is 1. The molecule has 0 saturated heterocycles. The zero-order valence-electron chi connectivity index (χ0n) is 18.4. The molecule has 0 fully saturated rings. The Balaban J connectivity index is 1.78. The summed E-state index contributed by atoms with van der Waals surface area (Å²) in [6.07, 6.45) is 0. The predicted octanol–water partition coefficient (Wildman–Crippen LogP) is 4.05. The van der Waals surface area contributed by atoms with E-state index >= 15 is 0 Å².